The van der Waals surface area contributed by atoms with Gasteiger partial charge in [-0.3, -0.25) is 15.2 Å². The predicted molar refractivity (Wildman–Crippen MR) is 96.5 cm³/mol. The van der Waals surface area contributed by atoms with Crippen molar-refractivity contribution in [2.24, 2.45) is 0 Å². The zero-order valence-corrected chi connectivity index (χ0v) is 13.5. The predicted octanol–water partition coefficient (Wildman–Crippen LogP) is 3.32. The molecule has 4 rings (SSSR count). The van der Waals surface area contributed by atoms with Crippen molar-refractivity contribution in [1.29, 1.82) is 0 Å². The van der Waals surface area contributed by atoms with E-state index in [1.165, 1.54) is 5.56 Å². The van der Waals surface area contributed by atoms with Crippen molar-refractivity contribution in [1.82, 2.24) is 20.2 Å². The number of amides is 1. The molecule has 0 saturated carbocycles. The van der Waals surface area contributed by atoms with Crippen LogP contribution in [0.1, 0.15) is 21.9 Å². The van der Waals surface area contributed by atoms with E-state index in [0.717, 1.165) is 29.6 Å². The molecule has 6 heteroatoms. The number of carbonyl (C=O) groups is 1. The third-order valence-corrected chi connectivity index (χ3v) is 4.02. The molecule has 0 fully saturated rings. The average Bonchev–Trinajstić information content (AvgIpc) is 3.27. The number of hydrogen-bond acceptors (Lipinski definition) is 3. The van der Waals surface area contributed by atoms with Crippen LogP contribution in [-0.4, -0.2) is 26.1 Å². The first-order chi connectivity index (χ1) is 12.3. The summed E-state index contributed by atoms with van der Waals surface area (Å²) < 4.78 is 0. The highest BCUT2D eigenvalue weighted by atomic mass is 16.2. The van der Waals surface area contributed by atoms with E-state index in [1.54, 1.807) is 0 Å². The van der Waals surface area contributed by atoms with Crippen molar-refractivity contribution in [3.63, 3.8) is 0 Å². The summed E-state index contributed by atoms with van der Waals surface area (Å²) in [5.74, 6) is 0.771. The summed E-state index contributed by atoms with van der Waals surface area (Å²) in [6.45, 7) is 0. The Hall–Kier alpha value is -3.41. The number of nitrogens with zero attached hydrogens (tertiary/aromatic N) is 2. The average molecular weight is 331 g/mol. The Kier molecular flexibility index (Phi) is 4.00. The fourth-order valence-corrected chi connectivity index (χ4v) is 2.74. The maximum absolute atomic E-state index is 12.3. The zero-order chi connectivity index (χ0) is 17.1. The van der Waals surface area contributed by atoms with Gasteiger partial charge in [-0.25, -0.2) is 0 Å². The largest absolute Gasteiger partial charge is 0.351 e. The molecule has 0 bridgehead atoms. The van der Waals surface area contributed by atoms with Crippen LogP contribution in [0.3, 0.4) is 0 Å². The minimum atomic E-state index is -0.259. The summed E-state index contributed by atoms with van der Waals surface area (Å²) in [6, 6.07) is 19.7. The van der Waals surface area contributed by atoms with Crippen LogP contribution < -0.4 is 5.32 Å². The van der Waals surface area contributed by atoms with E-state index in [4.69, 9.17) is 0 Å². The number of H-pyrrole nitrogens is 2. The van der Waals surface area contributed by atoms with E-state index in [9.17, 15) is 4.79 Å². The fraction of sp³-hybridized carbons (Fsp3) is 0.105. The summed E-state index contributed by atoms with van der Waals surface area (Å²) in [5, 5.41) is 10.6. The minimum absolute atomic E-state index is 0.259. The SMILES string of the molecule is O=C(Nc1n[nH]c(CCc2ccccc2)n1)c1cc2ccccc2[nH]1. The molecule has 3 N–H and O–H groups in total. The van der Waals surface area contributed by atoms with Gasteiger partial charge in [0, 0.05) is 17.3 Å². The van der Waals surface area contributed by atoms with Gasteiger partial charge in [-0.15, -0.1) is 5.10 Å². The molecule has 0 aliphatic carbocycles. The molecule has 4 aromatic rings. The van der Waals surface area contributed by atoms with Crippen LogP contribution in [0.2, 0.25) is 0 Å². The van der Waals surface area contributed by atoms with Crippen LogP contribution in [0.4, 0.5) is 5.95 Å². The number of nitrogens with one attached hydrogen (secondary N) is 3. The van der Waals surface area contributed by atoms with Gasteiger partial charge in [0.2, 0.25) is 5.95 Å². The van der Waals surface area contributed by atoms with Crippen molar-refractivity contribution in [2.75, 3.05) is 5.32 Å². The molecule has 0 radical (unpaired) electrons. The topological polar surface area (TPSA) is 86.5 Å². The van der Waals surface area contributed by atoms with Gasteiger partial charge in [-0.05, 0) is 24.1 Å². The third kappa shape index (κ3) is 3.42. The van der Waals surface area contributed by atoms with E-state index in [1.807, 2.05) is 48.5 Å². The lowest BCUT2D eigenvalue weighted by Crippen LogP contribution is -2.13. The van der Waals surface area contributed by atoms with Gasteiger partial charge in [0.05, 0.1) is 0 Å². The molecule has 25 heavy (non-hydrogen) atoms. The first-order valence-corrected chi connectivity index (χ1v) is 8.12. The second-order valence-corrected chi connectivity index (χ2v) is 5.82. The summed E-state index contributed by atoms with van der Waals surface area (Å²) in [7, 11) is 0. The highest BCUT2D eigenvalue weighted by molar-refractivity contribution is 6.05. The van der Waals surface area contributed by atoms with Gasteiger partial charge in [-0.2, -0.15) is 4.98 Å². The number of benzene rings is 2. The molecule has 2 aromatic carbocycles. The molecular weight excluding hydrogens is 314 g/mol. The quantitative estimate of drug-likeness (QED) is 0.524. The summed E-state index contributed by atoms with van der Waals surface area (Å²) in [6.07, 6.45) is 1.60. The summed E-state index contributed by atoms with van der Waals surface area (Å²) >= 11 is 0. The molecule has 0 aliphatic heterocycles. The molecule has 0 spiro atoms. The van der Waals surface area contributed by atoms with E-state index >= 15 is 0 Å². The lowest BCUT2D eigenvalue weighted by Gasteiger charge is -1.98. The number of rotatable bonds is 5. The number of carbonyl (C=O) groups excluding carboxylic acids is 1. The molecule has 124 valence electrons. The molecule has 0 aliphatic rings. The summed E-state index contributed by atoms with van der Waals surface area (Å²) in [5.41, 5.74) is 2.64. The minimum Gasteiger partial charge on any atom is -0.351 e. The Bertz CT molecular complexity index is 970. The number of aromatic amines is 2. The van der Waals surface area contributed by atoms with Gasteiger partial charge in [0.1, 0.15) is 11.5 Å². The van der Waals surface area contributed by atoms with Gasteiger partial charge < -0.3 is 4.98 Å². The number of aromatic nitrogens is 4. The van der Waals surface area contributed by atoms with Gasteiger partial charge in [0.15, 0.2) is 0 Å². The Labute approximate surface area is 144 Å². The van der Waals surface area contributed by atoms with Crippen LogP contribution in [-0.2, 0) is 12.8 Å². The van der Waals surface area contributed by atoms with E-state index < -0.39 is 0 Å². The zero-order valence-electron chi connectivity index (χ0n) is 13.5. The smallest absolute Gasteiger partial charge is 0.274 e. The van der Waals surface area contributed by atoms with Crippen LogP contribution in [0.25, 0.3) is 10.9 Å². The maximum atomic E-state index is 12.3. The molecule has 2 heterocycles. The lowest BCUT2D eigenvalue weighted by atomic mass is 10.1. The van der Waals surface area contributed by atoms with Crippen LogP contribution in [0.15, 0.2) is 60.7 Å². The molecule has 0 saturated heterocycles. The lowest BCUT2D eigenvalue weighted by molar-refractivity contribution is 0.102. The van der Waals surface area contributed by atoms with Crippen LogP contribution in [0, 0.1) is 0 Å². The van der Waals surface area contributed by atoms with E-state index in [0.29, 0.717) is 5.69 Å². The van der Waals surface area contributed by atoms with Gasteiger partial charge in [0.25, 0.3) is 5.91 Å². The summed E-state index contributed by atoms with van der Waals surface area (Å²) in [4.78, 5) is 19.8. The van der Waals surface area contributed by atoms with Crippen molar-refractivity contribution in [3.05, 3.63) is 77.7 Å². The molecular formula is C19H17N5O. The fourth-order valence-electron chi connectivity index (χ4n) is 2.74. The first-order valence-electron chi connectivity index (χ1n) is 8.12. The normalized spacial score (nSPS) is 10.9. The first kappa shape index (κ1) is 15.1. The molecule has 0 atom stereocenters. The van der Waals surface area contributed by atoms with E-state index in [2.05, 4.69) is 37.6 Å². The number of hydrogen-bond donors (Lipinski definition) is 3. The second-order valence-electron chi connectivity index (χ2n) is 5.82. The number of para-hydroxylation sites is 1. The molecule has 6 nitrogen and oxygen atoms in total. The highest BCUT2D eigenvalue weighted by Gasteiger charge is 2.12. The monoisotopic (exact) mass is 331 g/mol. The second kappa shape index (κ2) is 6.60. The standard InChI is InChI=1S/C19H17N5O/c25-18(16-12-14-8-4-5-9-15(14)20-16)22-19-21-17(23-24-19)11-10-13-6-2-1-3-7-13/h1-9,12,20H,10-11H2,(H2,21,22,23,24,25). The van der Waals surface area contributed by atoms with Gasteiger partial charge in [-0.1, -0.05) is 48.5 Å². The number of fused-ring (bicyclic) bond motifs is 1. The number of anilines is 1. The maximum Gasteiger partial charge on any atom is 0.274 e. The Morgan fingerprint density at radius 1 is 1.00 bits per heavy atom. The van der Waals surface area contributed by atoms with Crippen molar-refractivity contribution < 1.29 is 4.79 Å². The third-order valence-electron chi connectivity index (χ3n) is 4.02. The Morgan fingerprint density at radius 2 is 1.80 bits per heavy atom. The molecule has 0 unspecified atom stereocenters. The van der Waals surface area contributed by atoms with Crippen molar-refractivity contribution in [2.45, 2.75) is 12.8 Å². The van der Waals surface area contributed by atoms with Crippen LogP contribution >= 0.6 is 0 Å². The highest BCUT2D eigenvalue weighted by Crippen LogP contribution is 2.15. The van der Waals surface area contributed by atoms with Crippen LogP contribution in [0.5, 0.6) is 0 Å². The van der Waals surface area contributed by atoms with Crippen molar-refractivity contribution in [3.8, 4) is 0 Å². The Morgan fingerprint density at radius 3 is 2.64 bits per heavy atom. The van der Waals surface area contributed by atoms with Gasteiger partial charge >= 0.3 is 0 Å². The van der Waals surface area contributed by atoms with Crippen molar-refractivity contribution >= 4 is 22.8 Å². The molecule has 1 amide bonds. The number of aryl methyl sites for hydroxylation is 2. The Balaban J connectivity index is 1.41. The van der Waals surface area contributed by atoms with E-state index in [-0.39, 0.29) is 11.9 Å². The molecule has 2 aromatic heterocycles.